The van der Waals surface area contributed by atoms with Crippen LogP contribution in [0.25, 0.3) is 0 Å². The van der Waals surface area contributed by atoms with Crippen LogP contribution in [0.3, 0.4) is 0 Å². The van der Waals surface area contributed by atoms with E-state index in [4.69, 9.17) is 9.47 Å². The van der Waals surface area contributed by atoms with Gasteiger partial charge in [-0.2, -0.15) is 0 Å². The third-order valence-electron chi connectivity index (χ3n) is 6.33. The molecule has 2 aromatic rings. The van der Waals surface area contributed by atoms with Gasteiger partial charge in [0.25, 0.3) is 5.91 Å². The lowest BCUT2D eigenvalue weighted by molar-refractivity contribution is 0.0679. The maximum absolute atomic E-state index is 12.5. The fourth-order valence-corrected chi connectivity index (χ4v) is 4.19. The minimum absolute atomic E-state index is 0.0720. The molecule has 31 heavy (non-hydrogen) atoms. The minimum atomic E-state index is -0.0720. The maximum atomic E-state index is 12.5. The molecule has 4 rings (SSSR count). The normalized spacial score (nSPS) is 20.0. The maximum Gasteiger partial charge on any atom is 0.251 e. The van der Waals surface area contributed by atoms with E-state index in [0.29, 0.717) is 18.7 Å². The van der Waals surface area contributed by atoms with Crippen molar-refractivity contribution in [2.24, 2.45) is 5.92 Å². The van der Waals surface area contributed by atoms with E-state index < -0.39 is 0 Å². The highest BCUT2D eigenvalue weighted by molar-refractivity contribution is 5.94. The summed E-state index contributed by atoms with van der Waals surface area (Å²) in [6.45, 7) is 7.66. The summed E-state index contributed by atoms with van der Waals surface area (Å²) in [6, 6.07) is 15.9. The number of likely N-dealkylation sites (tertiary alicyclic amines) is 1. The molecule has 0 spiro atoms. The second-order valence-corrected chi connectivity index (χ2v) is 8.93. The van der Waals surface area contributed by atoms with Crippen LogP contribution in [-0.4, -0.2) is 43.2 Å². The van der Waals surface area contributed by atoms with E-state index in [1.165, 1.54) is 31.5 Å². The zero-order valence-corrected chi connectivity index (χ0v) is 18.5. The van der Waals surface area contributed by atoms with Crippen LogP contribution in [0.1, 0.15) is 54.1 Å². The second kappa shape index (κ2) is 10.8. The summed E-state index contributed by atoms with van der Waals surface area (Å²) < 4.78 is 11.3. The fourth-order valence-electron chi connectivity index (χ4n) is 4.19. The summed E-state index contributed by atoms with van der Waals surface area (Å²) in [4.78, 5) is 15.0. The number of benzene rings is 2. The predicted octanol–water partition coefficient (Wildman–Crippen LogP) is 4.41. The molecule has 1 N–H and O–H groups in total. The van der Waals surface area contributed by atoms with Crippen molar-refractivity contribution in [1.29, 1.82) is 0 Å². The van der Waals surface area contributed by atoms with Crippen LogP contribution in [0.2, 0.25) is 0 Å². The Morgan fingerprint density at radius 1 is 1.03 bits per heavy atom. The van der Waals surface area contributed by atoms with Crippen LogP contribution in [0.15, 0.2) is 48.5 Å². The number of hydrogen-bond donors (Lipinski definition) is 1. The van der Waals surface area contributed by atoms with Gasteiger partial charge in [-0.25, -0.2) is 0 Å². The zero-order valence-electron chi connectivity index (χ0n) is 18.5. The summed E-state index contributed by atoms with van der Waals surface area (Å²) in [7, 11) is 0. The standard InChI is InChI=1S/C26H34N2O3/c1-20-12-14-28(15-13-20)18-22-6-4-21(5-7-22)17-27-26(29)23-8-10-24(11-9-23)31-19-25-3-2-16-30-25/h4-11,20,25H,2-3,12-19H2,1H3,(H,27,29). The number of hydrogen-bond acceptors (Lipinski definition) is 4. The number of amides is 1. The predicted molar refractivity (Wildman–Crippen MR) is 122 cm³/mol. The molecule has 0 saturated carbocycles. The molecule has 0 aliphatic carbocycles. The van der Waals surface area contributed by atoms with Crippen LogP contribution in [-0.2, 0) is 17.8 Å². The van der Waals surface area contributed by atoms with Crippen LogP contribution in [0, 0.1) is 5.92 Å². The topological polar surface area (TPSA) is 50.8 Å². The number of nitrogens with one attached hydrogen (secondary N) is 1. The van der Waals surface area contributed by atoms with E-state index in [1.54, 1.807) is 0 Å². The highest BCUT2D eigenvalue weighted by Gasteiger charge is 2.17. The van der Waals surface area contributed by atoms with Gasteiger partial charge in [0.05, 0.1) is 6.10 Å². The van der Waals surface area contributed by atoms with E-state index in [1.807, 2.05) is 24.3 Å². The summed E-state index contributed by atoms with van der Waals surface area (Å²) in [6.07, 6.45) is 4.95. The molecule has 5 nitrogen and oxygen atoms in total. The molecule has 0 aromatic heterocycles. The Hall–Kier alpha value is -2.37. The van der Waals surface area contributed by atoms with Crippen LogP contribution in [0.4, 0.5) is 0 Å². The van der Waals surface area contributed by atoms with E-state index in [0.717, 1.165) is 43.2 Å². The average Bonchev–Trinajstić information content (AvgIpc) is 3.33. The monoisotopic (exact) mass is 422 g/mol. The molecule has 2 aliphatic rings. The van der Waals surface area contributed by atoms with Gasteiger partial charge < -0.3 is 14.8 Å². The fraction of sp³-hybridized carbons (Fsp3) is 0.500. The Balaban J connectivity index is 1.20. The smallest absolute Gasteiger partial charge is 0.251 e. The van der Waals surface area contributed by atoms with Crippen molar-refractivity contribution in [3.05, 3.63) is 65.2 Å². The Morgan fingerprint density at radius 2 is 1.74 bits per heavy atom. The van der Waals surface area contributed by atoms with E-state index in [9.17, 15) is 4.79 Å². The molecule has 1 atom stereocenters. The summed E-state index contributed by atoms with van der Waals surface area (Å²) in [5.41, 5.74) is 3.09. The van der Waals surface area contributed by atoms with Crippen molar-refractivity contribution in [3.8, 4) is 5.75 Å². The van der Waals surface area contributed by atoms with Crippen molar-refractivity contribution in [1.82, 2.24) is 10.2 Å². The molecule has 1 amide bonds. The first-order chi connectivity index (χ1) is 15.2. The molecular formula is C26H34N2O3. The average molecular weight is 423 g/mol. The van der Waals surface area contributed by atoms with Crippen molar-refractivity contribution in [2.45, 2.75) is 51.8 Å². The van der Waals surface area contributed by atoms with Crippen molar-refractivity contribution in [3.63, 3.8) is 0 Å². The SMILES string of the molecule is CC1CCN(Cc2ccc(CNC(=O)c3ccc(OCC4CCCO4)cc3)cc2)CC1. The summed E-state index contributed by atoms with van der Waals surface area (Å²) >= 11 is 0. The van der Waals surface area contributed by atoms with E-state index >= 15 is 0 Å². The van der Waals surface area contributed by atoms with Gasteiger partial charge in [-0.1, -0.05) is 31.2 Å². The Kier molecular flexibility index (Phi) is 7.60. The number of carbonyl (C=O) groups is 1. The third-order valence-corrected chi connectivity index (χ3v) is 6.33. The molecule has 166 valence electrons. The molecular weight excluding hydrogens is 388 g/mol. The zero-order chi connectivity index (χ0) is 21.5. The molecule has 2 aliphatic heterocycles. The van der Waals surface area contributed by atoms with Crippen molar-refractivity contribution in [2.75, 3.05) is 26.3 Å². The first kappa shape index (κ1) is 21.8. The third kappa shape index (κ3) is 6.55. The molecule has 2 saturated heterocycles. The summed E-state index contributed by atoms with van der Waals surface area (Å²) in [5.74, 6) is 1.56. The van der Waals surface area contributed by atoms with Gasteiger partial charge in [-0.15, -0.1) is 0 Å². The molecule has 5 heteroatoms. The second-order valence-electron chi connectivity index (χ2n) is 8.93. The number of ether oxygens (including phenoxy) is 2. The van der Waals surface area contributed by atoms with E-state index in [-0.39, 0.29) is 12.0 Å². The van der Waals surface area contributed by atoms with Gasteiger partial charge >= 0.3 is 0 Å². The Bertz CT molecular complexity index is 821. The first-order valence-electron chi connectivity index (χ1n) is 11.6. The highest BCUT2D eigenvalue weighted by atomic mass is 16.5. The van der Waals surface area contributed by atoms with Gasteiger partial charge in [0, 0.05) is 25.3 Å². The molecule has 2 aromatic carbocycles. The molecule has 1 unspecified atom stereocenters. The summed E-state index contributed by atoms with van der Waals surface area (Å²) in [5, 5.41) is 3.01. The number of piperidine rings is 1. The van der Waals surface area contributed by atoms with Gasteiger partial charge in [0.1, 0.15) is 12.4 Å². The lowest BCUT2D eigenvalue weighted by Gasteiger charge is -2.30. The van der Waals surface area contributed by atoms with E-state index in [2.05, 4.69) is 41.4 Å². The van der Waals surface area contributed by atoms with Crippen molar-refractivity contribution < 1.29 is 14.3 Å². The number of nitrogens with zero attached hydrogens (tertiary/aromatic N) is 1. The van der Waals surface area contributed by atoms with Crippen LogP contribution in [0.5, 0.6) is 5.75 Å². The van der Waals surface area contributed by atoms with Crippen LogP contribution < -0.4 is 10.1 Å². The Morgan fingerprint density at radius 3 is 2.42 bits per heavy atom. The van der Waals surface area contributed by atoms with Crippen LogP contribution >= 0.6 is 0 Å². The molecule has 0 bridgehead atoms. The quantitative estimate of drug-likeness (QED) is 0.685. The molecule has 2 fully saturated rings. The van der Waals surface area contributed by atoms with Gasteiger partial charge in [0.15, 0.2) is 0 Å². The molecule has 0 radical (unpaired) electrons. The van der Waals surface area contributed by atoms with Gasteiger partial charge in [-0.3, -0.25) is 9.69 Å². The highest BCUT2D eigenvalue weighted by Crippen LogP contribution is 2.19. The number of rotatable bonds is 8. The van der Waals surface area contributed by atoms with Gasteiger partial charge in [0.2, 0.25) is 0 Å². The number of carbonyl (C=O) groups excluding carboxylic acids is 1. The minimum Gasteiger partial charge on any atom is -0.491 e. The largest absolute Gasteiger partial charge is 0.491 e. The van der Waals surface area contributed by atoms with Crippen molar-refractivity contribution >= 4 is 5.91 Å². The Labute approximate surface area is 185 Å². The first-order valence-corrected chi connectivity index (χ1v) is 11.6. The lowest BCUT2D eigenvalue weighted by atomic mass is 9.99. The van der Waals surface area contributed by atoms with Gasteiger partial charge in [-0.05, 0) is 80.1 Å². The molecule has 2 heterocycles. The lowest BCUT2D eigenvalue weighted by Crippen LogP contribution is -2.32.